The number of hydrogen-bond donors (Lipinski definition) is 2. The van der Waals surface area contributed by atoms with Crippen molar-refractivity contribution in [3.63, 3.8) is 0 Å². The molecule has 0 aliphatic carbocycles. The van der Waals surface area contributed by atoms with Gasteiger partial charge in [-0.2, -0.15) is 0 Å². The number of likely N-dealkylation sites (N-methyl/N-ethyl adjacent to an activating group) is 1. The Morgan fingerprint density at radius 3 is 2.55 bits per heavy atom. The van der Waals surface area contributed by atoms with Crippen LogP contribution in [0.25, 0.3) is 10.9 Å². The standard InChI is InChI=1S/C22H34N4O2S/c1-6-25(7-2)10-11-26(22(29)23-14-16(3)4)15-18-12-17-8-9-19(28-5)13-20(17)24-21(18)27/h8-9,12-13,16H,6-7,10-11,14-15H2,1-5H3,(H,23,29)(H,24,27). The Balaban J connectivity index is 2.24. The number of fused-ring (bicyclic) bond motifs is 1. The van der Waals surface area contributed by atoms with Crippen LogP contribution in [0, 0.1) is 5.92 Å². The van der Waals surface area contributed by atoms with Gasteiger partial charge in [-0.25, -0.2) is 0 Å². The smallest absolute Gasteiger partial charge is 0.253 e. The van der Waals surface area contributed by atoms with Gasteiger partial charge < -0.3 is 24.8 Å². The summed E-state index contributed by atoms with van der Waals surface area (Å²) in [5.74, 6) is 1.22. The summed E-state index contributed by atoms with van der Waals surface area (Å²) in [4.78, 5) is 20.1. The summed E-state index contributed by atoms with van der Waals surface area (Å²) in [7, 11) is 1.62. The van der Waals surface area contributed by atoms with Crippen LogP contribution in [-0.2, 0) is 6.54 Å². The number of benzene rings is 1. The number of thiocarbonyl (C=S) groups is 1. The molecule has 0 saturated carbocycles. The summed E-state index contributed by atoms with van der Waals surface area (Å²) in [6.45, 7) is 13.6. The number of aromatic amines is 1. The third-order valence-electron chi connectivity index (χ3n) is 5.02. The van der Waals surface area contributed by atoms with Crippen molar-refractivity contribution < 1.29 is 4.74 Å². The first-order valence-electron chi connectivity index (χ1n) is 10.3. The van der Waals surface area contributed by atoms with E-state index in [4.69, 9.17) is 17.0 Å². The monoisotopic (exact) mass is 418 g/mol. The van der Waals surface area contributed by atoms with Gasteiger partial charge >= 0.3 is 0 Å². The fourth-order valence-corrected chi connectivity index (χ4v) is 3.37. The van der Waals surface area contributed by atoms with Crippen LogP contribution in [0.1, 0.15) is 33.3 Å². The second-order valence-electron chi connectivity index (χ2n) is 7.61. The highest BCUT2D eigenvalue weighted by molar-refractivity contribution is 7.80. The van der Waals surface area contributed by atoms with E-state index in [-0.39, 0.29) is 5.56 Å². The predicted molar refractivity (Wildman–Crippen MR) is 125 cm³/mol. The highest BCUT2D eigenvalue weighted by Gasteiger charge is 2.15. The van der Waals surface area contributed by atoms with Gasteiger partial charge in [0.05, 0.1) is 19.2 Å². The number of nitrogens with one attached hydrogen (secondary N) is 2. The van der Waals surface area contributed by atoms with E-state index in [1.807, 2.05) is 24.3 Å². The zero-order valence-corrected chi connectivity index (χ0v) is 19.1. The number of H-pyrrole nitrogens is 1. The van der Waals surface area contributed by atoms with E-state index >= 15 is 0 Å². The largest absolute Gasteiger partial charge is 0.497 e. The maximum Gasteiger partial charge on any atom is 0.253 e. The zero-order valence-electron chi connectivity index (χ0n) is 18.2. The molecule has 0 bridgehead atoms. The topological polar surface area (TPSA) is 60.6 Å². The van der Waals surface area contributed by atoms with E-state index in [1.54, 1.807) is 7.11 Å². The molecule has 160 valence electrons. The van der Waals surface area contributed by atoms with Crippen molar-refractivity contribution in [3.8, 4) is 5.75 Å². The first-order chi connectivity index (χ1) is 13.9. The quantitative estimate of drug-likeness (QED) is 0.578. The van der Waals surface area contributed by atoms with Gasteiger partial charge in [-0.1, -0.05) is 27.7 Å². The van der Waals surface area contributed by atoms with E-state index in [0.29, 0.717) is 23.1 Å². The van der Waals surface area contributed by atoms with E-state index in [0.717, 1.165) is 49.4 Å². The Morgan fingerprint density at radius 1 is 1.21 bits per heavy atom. The summed E-state index contributed by atoms with van der Waals surface area (Å²) in [6, 6.07) is 7.65. The lowest BCUT2D eigenvalue weighted by Crippen LogP contribution is -2.45. The van der Waals surface area contributed by atoms with Gasteiger partial charge in [0.25, 0.3) is 5.56 Å². The Bertz CT molecular complexity index is 862. The molecule has 0 aliphatic heterocycles. The van der Waals surface area contributed by atoms with Crippen LogP contribution in [0.5, 0.6) is 5.75 Å². The van der Waals surface area contributed by atoms with Crippen molar-refractivity contribution in [3.05, 3.63) is 40.2 Å². The van der Waals surface area contributed by atoms with Crippen molar-refractivity contribution in [2.75, 3.05) is 39.8 Å². The fraction of sp³-hybridized carbons (Fsp3) is 0.545. The summed E-state index contributed by atoms with van der Waals surface area (Å²) in [6.07, 6.45) is 0. The minimum Gasteiger partial charge on any atom is -0.497 e. The van der Waals surface area contributed by atoms with Gasteiger partial charge in [0.2, 0.25) is 0 Å². The minimum atomic E-state index is -0.0924. The van der Waals surface area contributed by atoms with Gasteiger partial charge in [0.1, 0.15) is 5.75 Å². The molecule has 0 amide bonds. The van der Waals surface area contributed by atoms with Crippen LogP contribution in [0.2, 0.25) is 0 Å². The molecule has 0 spiro atoms. The molecule has 0 fully saturated rings. The molecule has 6 nitrogen and oxygen atoms in total. The molecule has 0 radical (unpaired) electrons. The molecule has 7 heteroatoms. The molecule has 0 aliphatic rings. The highest BCUT2D eigenvalue weighted by Crippen LogP contribution is 2.19. The first-order valence-corrected chi connectivity index (χ1v) is 10.7. The fourth-order valence-electron chi connectivity index (χ4n) is 3.13. The predicted octanol–water partition coefficient (Wildman–Crippen LogP) is 3.21. The number of ether oxygens (including phenoxy) is 1. The summed E-state index contributed by atoms with van der Waals surface area (Å²) < 4.78 is 5.25. The van der Waals surface area contributed by atoms with Crippen molar-refractivity contribution in [2.24, 2.45) is 5.92 Å². The van der Waals surface area contributed by atoms with Crippen LogP contribution < -0.4 is 15.6 Å². The van der Waals surface area contributed by atoms with Gasteiger partial charge in [0, 0.05) is 31.3 Å². The number of methoxy groups -OCH3 is 1. The van der Waals surface area contributed by atoms with Crippen molar-refractivity contribution in [1.82, 2.24) is 20.1 Å². The Hall–Kier alpha value is -2.12. The molecular weight excluding hydrogens is 384 g/mol. The zero-order chi connectivity index (χ0) is 21.4. The molecule has 1 aromatic heterocycles. The number of rotatable bonds is 10. The lowest BCUT2D eigenvalue weighted by molar-refractivity contribution is 0.263. The van der Waals surface area contributed by atoms with E-state index in [2.05, 4.69) is 47.8 Å². The van der Waals surface area contributed by atoms with Crippen molar-refractivity contribution >= 4 is 28.2 Å². The molecule has 1 heterocycles. The van der Waals surface area contributed by atoms with Crippen LogP contribution in [0.15, 0.2) is 29.1 Å². The van der Waals surface area contributed by atoms with Crippen LogP contribution >= 0.6 is 12.2 Å². The minimum absolute atomic E-state index is 0.0924. The first kappa shape index (κ1) is 23.2. The maximum atomic E-state index is 12.7. The third kappa shape index (κ3) is 6.72. The van der Waals surface area contributed by atoms with Crippen LogP contribution in [0.4, 0.5) is 0 Å². The van der Waals surface area contributed by atoms with Crippen LogP contribution in [-0.4, -0.2) is 59.7 Å². The molecule has 1 aromatic carbocycles. The maximum absolute atomic E-state index is 12.7. The average molecular weight is 419 g/mol. The van der Waals surface area contributed by atoms with Gasteiger partial charge in [-0.15, -0.1) is 0 Å². The highest BCUT2D eigenvalue weighted by atomic mass is 32.1. The van der Waals surface area contributed by atoms with Gasteiger partial charge in [-0.3, -0.25) is 4.79 Å². The molecular formula is C22H34N4O2S. The molecule has 0 atom stereocenters. The lowest BCUT2D eigenvalue weighted by atomic mass is 10.1. The van der Waals surface area contributed by atoms with Crippen LogP contribution in [0.3, 0.4) is 0 Å². The molecule has 0 unspecified atom stereocenters. The summed E-state index contributed by atoms with van der Waals surface area (Å²) >= 11 is 5.66. The van der Waals surface area contributed by atoms with Gasteiger partial charge in [0.15, 0.2) is 5.11 Å². The number of aromatic nitrogens is 1. The van der Waals surface area contributed by atoms with E-state index in [1.165, 1.54) is 0 Å². The van der Waals surface area contributed by atoms with E-state index < -0.39 is 0 Å². The third-order valence-corrected chi connectivity index (χ3v) is 5.42. The molecule has 2 rings (SSSR count). The molecule has 2 N–H and O–H groups in total. The average Bonchev–Trinajstić information content (AvgIpc) is 2.71. The number of hydrogen-bond acceptors (Lipinski definition) is 4. The van der Waals surface area contributed by atoms with E-state index in [9.17, 15) is 4.79 Å². The summed E-state index contributed by atoms with van der Waals surface area (Å²) in [5, 5.41) is 5.02. The molecule has 2 aromatic rings. The lowest BCUT2D eigenvalue weighted by Gasteiger charge is -2.29. The van der Waals surface area contributed by atoms with Crippen molar-refractivity contribution in [2.45, 2.75) is 34.2 Å². The Morgan fingerprint density at radius 2 is 1.93 bits per heavy atom. The number of nitrogens with zero attached hydrogens (tertiary/aromatic N) is 2. The summed E-state index contributed by atoms with van der Waals surface area (Å²) in [5.41, 5.74) is 1.38. The second-order valence-corrected chi connectivity index (χ2v) is 7.99. The normalized spacial score (nSPS) is 11.3. The molecule has 0 saturated heterocycles. The van der Waals surface area contributed by atoms with Crippen molar-refractivity contribution in [1.29, 1.82) is 0 Å². The van der Waals surface area contributed by atoms with Gasteiger partial charge in [-0.05, 0) is 54.8 Å². The number of pyridine rings is 1. The second kappa shape index (κ2) is 11.2. The molecule has 29 heavy (non-hydrogen) atoms. The Labute approximate surface area is 179 Å². The Kier molecular flexibility index (Phi) is 8.92. The SMILES string of the molecule is CCN(CC)CCN(Cc1cc2ccc(OC)cc2[nH]c1=O)C(=S)NCC(C)C.